The zero-order valence-corrected chi connectivity index (χ0v) is 9.16. The Hall–Kier alpha value is -1.57. The highest BCUT2D eigenvalue weighted by molar-refractivity contribution is 6.03. The number of benzene rings is 1. The van der Waals surface area contributed by atoms with Crippen LogP contribution in [0, 0.1) is 0 Å². The molecule has 2 nitrogen and oxygen atoms in total. The fraction of sp³-hybridized carbons (Fsp3) is 0.308. The molecule has 0 aliphatic carbocycles. The highest BCUT2D eigenvalue weighted by Crippen LogP contribution is 2.18. The lowest BCUT2D eigenvalue weighted by atomic mass is 10.1. The Bertz CT molecular complexity index is 401. The molecule has 0 N–H and O–H groups in total. The first-order valence-electron chi connectivity index (χ1n) is 5.15. The smallest absolute Gasteiger partial charge is 0.118 e. The van der Waals surface area contributed by atoms with E-state index in [2.05, 4.69) is 30.1 Å². The lowest BCUT2D eigenvalue weighted by Gasteiger charge is -2.01. The van der Waals surface area contributed by atoms with Crippen LogP contribution in [0.15, 0.2) is 34.8 Å². The molecule has 0 bridgehead atoms. The van der Waals surface area contributed by atoms with Crippen LogP contribution in [0.4, 0.5) is 0 Å². The Morgan fingerprint density at radius 1 is 1.27 bits per heavy atom. The molecule has 0 radical (unpaired) electrons. The third-order valence-electron chi connectivity index (χ3n) is 2.65. The fourth-order valence-corrected chi connectivity index (χ4v) is 1.70. The summed E-state index contributed by atoms with van der Waals surface area (Å²) < 4.78 is 5.12. The lowest BCUT2D eigenvalue weighted by Crippen LogP contribution is -1.89. The van der Waals surface area contributed by atoms with Crippen molar-refractivity contribution in [2.75, 3.05) is 13.7 Å². The Labute approximate surface area is 90.3 Å². The summed E-state index contributed by atoms with van der Waals surface area (Å²) in [5.74, 6) is 0.897. The van der Waals surface area contributed by atoms with E-state index >= 15 is 0 Å². The molecular formula is C13H15NO. The molecule has 0 saturated heterocycles. The maximum Gasteiger partial charge on any atom is 0.118 e. The third kappa shape index (κ3) is 2.27. The van der Waals surface area contributed by atoms with E-state index in [-0.39, 0.29) is 0 Å². The van der Waals surface area contributed by atoms with E-state index < -0.39 is 0 Å². The van der Waals surface area contributed by atoms with Crippen molar-refractivity contribution >= 4 is 11.8 Å². The number of rotatable bonds is 2. The van der Waals surface area contributed by atoms with Crippen molar-refractivity contribution in [1.82, 2.24) is 0 Å². The van der Waals surface area contributed by atoms with Crippen LogP contribution in [-0.2, 0) is 0 Å². The SMILES string of the molecule is COc1ccc(/C=C2\CCN=C2C)cc1. The van der Waals surface area contributed by atoms with Gasteiger partial charge in [0.25, 0.3) is 0 Å². The summed E-state index contributed by atoms with van der Waals surface area (Å²) >= 11 is 0. The van der Waals surface area contributed by atoms with Gasteiger partial charge in [-0.2, -0.15) is 0 Å². The summed E-state index contributed by atoms with van der Waals surface area (Å²) in [4.78, 5) is 4.37. The number of methoxy groups -OCH3 is 1. The van der Waals surface area contributed by atoms with Crippen molar-refractivity contribution < 1.29 is 4.74 Å². The second kappa shape index (κ2) is 4.30. The molecule has 1 aliphatic heterocycles. The number of hydrogen-bond acceptors (Lipinski definition) is 2. The van der Waals surface area contributed by atoms with Gasteiger partial charge < -0.3 is 4.74 Å². The van der Waals surface area contributed by atoms with Gasteiger partial charge in [-0.05, 0) is 42.7 Å². The number of ether oxygens (including phenoxy) is 1. The summed E-state index contributed by atoms with van der Waals surface area (Å²) in [7, 11) is 1.68. The predicted octanol–water partition coefficient (Wildman–Crippen LogP) is 2.94. The zero-order valence-electron chi connectivity index (χ0n) is 9.16. The highest BCUT2D eigenvalue weighted by Gasteiger charge is 2.07. The van der Waals surface area contributed by atoms with E-state index in [1.807, 2.05) is 12.1 Å². The van der Waals surface area contributed by atoms with Crippen LogP contribution in [0.2, 0.25) is 0 Å². The van der Waals surface area contributed by atoms with E-state index in [0.717, 1.165) is 18.7 Å². The van der Waals surface area contributed by atoms with Crippen molar-refractivity contribution in [1.29, 1.82) is 0 Å². The van der Waals surface area contributed by atoms with E-state index in [9.17, 15) is 0 Å². The summed E-state index contributed by atoms with van der Waals surface area (Å²) in [5.41, 5.74) is 3.73. The average Bonchev–Trinajstić information content (AvgIpc) is 2.66. The molecule has 1 aliphatic rings. The third-order valence-corrected chi connectivity index (χ3v) is 2.65. The van der Waals surface area contributed by atoms with Crippen LogP contribution < -0.4 is 4.74 Å². The molecule has 1 aromatic carbocycles. The van der Waals surface area contributed by atoms with Crippen molar-refractivity contribution in [2.24, 2.45) is 4.99 Å². The maximum atomic E-state index is 5.12. The average molecular weight is 201 g/mol. The van der Waals surface area contributed by atoms with Gasteiger partial charge in [-0.25, -0.2) is 0 Å². The van der Waals surface area contributed by atoms with Crippen LogP contribution in [0.1, 0.15) is 18.9 Å². The van der Waals surface area contributed by atoms with Crippen molar-refractivity contribution in [3.63, 3.8) is 0 Å². The van der Waals surface area contributed by atoms with E-state index in [1.54, 1.807) is 7.11 Å². The van der Waals surface area contributed by atoms with Crippen LogP contribution in [-0.4, -0.2) is 19.4 Å². The van der Waals surface area contributed by atoms with Crippen LogP contribution >= 0.6 is 0 Å². The van der Waals surface area contributed by atoms with Gasteiger partial charge in [-0.15, -0.1) is 0 Å². The van der Waals surface area contributed by atoms with Crippen molar-refractivity contribution in [3.8, 4) is 5.75 Å². The lowest BCUT2D eigenvalue weighted by molar-refractivity contribution is 0.415. The molecule has 0 aromatic heterocycles. The fourth-order valence-electron chi connectivity index (χ4n) is 1.70. The molecule has 0 amide bonds. The van der Waals surface area contributed by atoms with Gasteiger partial charge in [0.2, 0.25) is 0 Å². The Morgan fingerprint density at radius 2 is 2.00 bits per heavy atom. The van der Waals surface area contributed by atoms with Gasteiger partial charge in [0.15, 0.2) is 0 Å². The number of hydrogen-bond donors (Lipinski definition) is 0. The molecule has 1 heterocycles. The molecule has 1 aromatic rings. The summed E-state index contributed by atoms with van der Waals surface area (Å²) in [6.45, 7) is 3.01. The standard InChI is InChI=1S/C13H15NO/c1-10-12(7-8-14-10)9-11-3-5-13(15-2)6-4-11/h3-6,9H,7-8H2,1-2H3/b12-9+. The van der Waals surface area contributed by atoms with Gasteiger partial charge in [-0.1, -0.05) is 12.1 Å². The molecule has 0 unspecified atom stereocenters. The van der Waals surface area contributed by atoms with Gasteiger partial charge in [0, 0.05) is 12.3 Å². The molecular weight excluding hydrogens is 186 g/mol. The Morgan fingerprint density at radius 3 is 2.53 bits per heavy atom. The topological polar surface area (TPSA) is 21.6 Å². The normalized spacial score (nSPS) is 18.0. The van der Waals surface area contributed by atoms with E-state index in [1.165, 1.54) is 16.8 Å². The molecule has 78 valence electrons. The largest absolute Gasteiger partial charge is 0.497 e. The second-order valence-electron chi connectivity index (χ2n) is 3.66. The molecule has 15 heavy (non-hydrogen) atoms. The van der Waals surface area contributed by atoms with Crippen LogP contribution in [0.5, 0.6) is 5.75 Å². The Kier molecular flexibility index (Phi) is 2.86. The van der Waals surface area contributed by atoms with Crippen molar-refractivity contribution in [2.45, 2.75) is 13.3 Å². The number of aliphatic imine (C=N–C) groups is 1. The molecule has 2 rings (SSSR count). The minimum Gasteiger partial charge on any atom is -0.497 e. The summed E-state index contributed by atoms with van der Waals surface area (Å²) in [6, 6.07) is 8.09. The van der Waals surface area contributed by atoms with Crippen LogP contribution in [0.3, 0.4) is 0 Å². The predicted molar refractivity (Wildman–Crippen MR) is 63.6 cm³/mol. The van der Waals surface area contributed by atoms with Gasteiger partial charge in [0.05, 0.1) is 7.11 Å². The summed E-state index contributed by atoms with van der Waals surface area (Å²) in [5, 5.41) is 0. The molecule has 0 spiro atoms. The van der Waals surface area contributed by atoms with Gasteiger partial charge in [-0.3, -0.25) is 4.99 Å². The van der Waals surface area contributed by atoms with Crippen molar-refractivity contribution in [3.05, 3.63) is 35.4 Å². The Balaban J connectivity index is 2.20. The number of nitrogens with zero attached hydrogens (tertiary/aromatic N) is 1. The van der Waals surface area contributed by atoms with Crippen LogP contribution in [0.25, 0.3) is 6.08 Å². The highest BCUT2D eigenvalue weighted by atomic mass is 16.5. The zero-order chi connectivity index (χ0) is 10.7. The minimum atomic E-state index is 0.897. The molecule has 2 heteroatoms. The van der Waals surface area contributed by atoms with Gasteiger partial charge >= 0.3 is 0 Å². The van der Waals surface area contributed by atoms with E-state index in [4.69, 9.17) is 4.74 Å². The first kappa shape index (κ1) is 9.97. The summed E-state index contributed by atoms with van der Waals surface area (Å²) in [6.07, 6.45) is 3.27. The molecule has 0 fully saturated rings. The first-order valence-corrected chi connectivity index (χ1v) is 5.15. The quantitative estimate of drug-likeness (QED) is 0.721. The molecule has 0 atom stereocenters. The monoisotopic (exact) mass is 201 g/mol. The molecule has 0 saturated carbocycles. The maximum absolute atomic E-state index is 5.12. The van der Waals surface area contributed by atoms with Gasteiger partial charge in [0.1, 0.15) is 5.75 Å². The first-order chi connectivity index (χ1) is 7.29. The minimum absolute atomic E-state index is 0.897. The van der Waals surface area contributed by atoms with E-state index in [0.29, 0.717) is 0 Å². The second-order valence-corrected chi connectivity index (χ2v) is 3.66.